The zero-order valence-corrected chi connectivity index (χ0v) is 22.4. The van der Waals surface area contributed by atoms with Crippen LogP contribution in [0.15, 0.2) is 67.1 Å². The fourth-order valence-corrected chi connectivity index (χ4v) is 4.72. The molecule has 0 spiro atoms. The first-order valence-corrected chi connectivity index (χ1v) is 13.1. The second-order valence-electron chi connectivity index (χ2n) is 10.7. The fraction of sp³-hybridized carbons (Fsp3) is 0.379. The molecule has 1 aliphatic heterocycles. The van der Waals surface area contributed by atoms with Crippen molar-refractivity contribution in [3.05, 3.63) is 72.7 Å². The topological polar surface area (TPSA) is 97.2 Å². The lowest BCUT2D eigenvalue weighted by Gasteiger charge is -2.29. The van der Waals surface area contributed by atoms with Crippen LogP contribution in [0.3, 0.4) is 0 Å². The lowest BCUT2D eigenvalue weighted by atomic mass is 10.1. The number of amides is 1. The summed E-state index contributed by atoms with van der Waals surface area (Å²) in [5, 5.41) is 6.87. The zero-order valence-electron chi connectivity index (χ0n) is 22.4. The first kappa shape index (κ1) is 25.5. The van der Waals surface area contributed by atoms with Gasteiger partial charge < -0.3 is 20.3 Å². The Labute approximate surface area is 223 Å². The fourth-order valence-electron chi connectivity index (χ4n) is 4.72. The molecule has 1 fully saturated rings. The summed E-state index contributed by atoms with van der Waals surface area (Å²) in [6, 6.07) is 18.4. The summed E-state index contributed by atoms with van der Waals surface area (Å²) < 4.78 is 7.55. The Morgan fingerprint density at radius 3 is 2.74 bits per heavy atom. The third kappa shape index (κ3) is 5.88. The van der Waals surface area contributed by atoms with Crippen LogP contribution in [0.25, 0.3) is 16.9 Å². The number of benzene rings is 2. The number of carbonyl (C=O) groups excluding carboxylic acids is 1. The largest absolute Gasteiger partial charge is 0.444 e. The van der Waals surface area contributed by atoms with Crippen LogP contribution in [-0.2, 0) is 4.74 Å². The van der Waals surface area contributed by atoms with Gasteiger partial charge in [-0.3, -0.25) is 4.57 Å². The molecular weight excluding hydrogens is 478 g/mol. The third-order valence-electron chi connectivity index (χ3n) is 6.63. The van der Waals surface area contributed by atoms with E-state index in [0.29, 0.717) is 12.5 Å². The average Bonchev–Trinajstić information content (AvgIpc) is 3.54. The molecule has 0 radical (unpaired) electrons. The molecule has 9 nitrogen and oxygen atoms in total. The van der Waals surface area contributed by atoms with Crippen LogP contribution in [0.2, 0.25) is 0 Å². The van der Waals surface area contributed by atoms with E-state index >= 15 is 0 Å². The average molecular weight is 514 g/mol. The molecule has 0 saturated carbocycles. The predicted octanol–water partition coefficient (Wildman–Crippen LogP) is 5.80. The van der Waals surface area contributed by atoms with Gasteiger partial charge in [-0.15, -0.1) is 0 Å². The lowest BCUT2D eigenvalue weighted by molar-refractivity contribution is 0.0235. The molecule has 2 aromatic heterocycles. The SMILES string of the molecule is C[C@H](Nc1nccc(-n2cnc3cc(NC[C@H]4CCCN4C(=O)OC(C)(C)C)ccc32)n1)c1ccccc1. The summed E-state index contributed by atoms with van der Waals surface area (Å²) in [6.45, 7) is 9.16. The van der Waals surface area contributed by atoms with Crippen LogP contribution in [0.4, 0.5) is 16.4 Å². The van der Waals surface area contributed by atoms with Crippen LogP contribution >= 0.6 is 0 Å². The molecule has 5 rings (SSSR count). The van der Waals surface area contributed by atoms with E-state index in [0.717, 1.165) is 41.9 Å². The second-order valence-corrected chi connectivity index (χ2v) is 10.7. The molecule has 2 aromatic carbocycles. The molecule has 198 valence electrons. The van der Waals surface area contributed by atoms with Crippen LogP contribution < -0.4 is 10.6 Å². The number of aromatic nitrogens is 4. The first-order valence-electron chi connectivity index (χ1n) is 13.1. The normalized spacial score (nSPS) is 16.4. The Morgan fingerprint density at radius 1 is 1.13 bits per heavy atom. The van der Waals surface area contributed by atoms with Crippen molar-refractivity contribution < 1.29 is 9.53 Å². The Kier molecular flexibility index (Phi) is 7.18. The van der Waals surface area contributed by atoms with Gasteiger partial charge in [0.1, 0.15) is 17.7 Å². The maximum atomic E-state index is 12.6. The van der Waals surface area contributed by atoms with Gasteiger partial charge in [-0.25, -0.2) is 14.8 Å². The number of hydrogen-bond donors (Lipinski definition) is 2. The molecular formula is C29H35N7O2. The van der Waals surface area contributed by atoms with E-state index in [1.54, 1.807) is 12.5 Å². The highest BCUT2D eigenvalue weighted by Crippen LogP contribution is 2.24. The number of likely N-dealkylation sites (tertiary alicyclic amines) is 1. The summed E-state index contributed by atoms with van der Waals surface area (Å²) in [5.74, 6) is 1.30. The molecule has 2 atom stereocenters. The van der Waals surface area contributed by atoms with Gasteiger partial charge in [0.25, 0.3) is 0 Å². The van der Waals surface area contributed by atoms with Crippen LogP contribution in [0, 0.1) is 0 Å². The monoisotopic (exact) mass is 513 g/mol. The van der Waals surface area contributed by atoms with Gasteiger partial charge in [0.15, 0.2) is 0 Å². The van der Waals surface area contributed by atoms with E-state index in [2.05, 4.69) is 39.7 Å². The summed E-state index contributed by atoms with van der Waals surface area (Å²) in [4.78, 5) is 28.2. The molecule has 1 amide bonds. The van der Waals surface area contributed by atoms with Crippen LogP contribution in [0.1, 0.15) is 52.1 Å². The van der Waals surface area contributed by atoms with Crippen LogP contribution in [0.5, 0.6) is 0 Å². The number of ether oxygens (including phenoxy) is 1. The van der Waals surface area contributed by atoms with E-state index < -0.39 is 5.60 Å². The number of fused-ring (bicyclic) bond motifs is 1. The number of anilines is 2. The van der Waals surface area contributed by atoms with Crippen molar-refractivity contribution in [2.45, 2.75) is 58.2 Å². The first-order chi connectivity index (χ1) is 18.3. The summed E-state index contributed by atoms with van der Waals surface area (Å²) in [7, 11) is 0. The standard InChI is InChI=1S/C29H35N7O2/c1-20(21-9-6-5-7-10-21)33-27-30-15-14-26(34-27)36-19-32-24-17-22(12-13-25(24)36)31-18-23-11-8-16-35(23)28(37)38-29(2,3)4/h5-7,9-10,12-15,17,19-20,23,31H,8,11,16,18H2,1-4H3,(H,30,33,34)/t20-,23+/m0/s1. The molecule has 3 heterocycles. The number of hydrogen-bond acceptors (Lipinski definition) is 7. The van der Waals surface area contributed by atoms with Gasteiger partial charge in [-0.2, -0.15) is 4.98 Å². The van der Waals surface area contributed by atoms with Crippen molar-refractivity contribution in [2.75, 3.05) is 23.7 Å². The molecule has 0 unspecified atom stereocenters. The van der Waals surface area contributed by atoms with Crippen LogP contribution in [-0.4, -0.2) is 55.2 Å². The van der Waals surface area contributed by atoms with Crippen molar-refractivity contribution in [2.24, 2.45) is 0 Å². The van der Waals surface area contributed by atoms with Crippen molar-refractivity contribution >= 4 is 28.8 Å². The number of nitrogens with zero attached hydrogens (tertiary/aromatic N) is 5. The van der Waals surface area contributed by atoms with E-state index in [9.17, 15) is 4.79 Å². The Morgan fingerprint density at radius 2 is 1.95 bits per heavy atom. The van der Waals surface area contributed by atoms with Crippen molar-refractivity contribution in [3.63, 3.8) is 0 Å². The Bertz CT molecular complexity index is 1400. The minimum atomic E-state index is -0.498. The van der Waals surface area contributed by atoms with Crippen molar-refractivity contribution in [1.82, 2.24) is 24.4 Å². The Hall–Kier alpha value is -4.14. The van der Waals surface area contributed by atoms with Gasteiger partial charge in [-0.05, 0) is 70.4 Å². The van der Waals surface area contributed by atoms with Gasteiger partial charge in [0.2, 0.25) is 5.95 Å². The van der Waals surface area contributed by atoms with Gasteiger partial charge in [0.05, 0.1) is 23.1 Å². The summed E-state index contributed by atoms with van der Waals surface area (Å²) in [6.07, 6.45) is 5.23. The third-order valence-corrected chi connectivity index (χ3v) is 6.63. The van der Waals surface area contributed by atoms with E-state index in [1.807, 2.05) is 72.7 Å². The molecule has 4 aromatic rings. The summed E-state index contributed by atoms with van der Waals surface area (Å²) >= 11 is 0. The maximum absolute atomic E-state index is 12.6. The highest BCUT2D eigenvalue weighted by Gasteiger charge is 2.32. The van der Waals surface area contributed by atoms with E-state index in [4.69, 9.17) is 9.72 Å². The highest BCUT2D eigenvalue weighted by atomic mass is 16.6. The lowest BCUT2D eigenvalue weighted by Crippen LogP contribution is -2.42. The summed E-state index contributed by atoms with van der Waals surface area (Å²) in [5.41, 5.74) is 3.44. The maximum Gasteiger partial charge on any atom is 0.410 e. The number of rotatable bonds is 7. The number of nitrogens with one attached hydrogen (secondary N) is 2. The molecule has 38 heavy (non-hydrogen) atoms. The predicted molar refractivity (Wildman–Crippen MR) is 150 cm³/mol. The number of carbonyl (C=O) groups is 1. The number of imidazole rings is 1. The molecule has 1 aliphatic rings. The minimum absolute atomic E-state index is 0.0747. The second kappa shape index (κ2) is 10.7. The molecule has 2 N–H and O–H groups in total. The van der Waals surface area contributed by atoms with Gasteiger partial charge in [-0.1, -0.05) is 30.3 Å². The van der Waals surface area contributed by atoms with Crippen molar-refractivity contribution in [1.29, 1.82) is 0 Å². The molecule has 0 bridgehead atoms. The minimum Gasteiger partial charge on any atom is -0.444 e. The van der Waals surface area contributed by atoms with E-state index in [-0.39, 0.29) is 18.2 Å². The van der Waals surface area contributed by atoms with Crippen molar-refractivity contribution in [3.8, 4) is 5.82 Å². The van der Waals surface area contributed by atoms with E-state index in [1.165, 1.54) is 5.56 Å². The highest BCUT2D eigenvalue weighted by molar-refractivity contribution is 5.81. The van der Waals surface area contributed by atoms with Gasteiger partial charge in [0, 0.05) is 25.0 Å². The Balaban J connectivity index is 1.26. The zero-order chi connectivity index (χ0) is 26.7. The molecule has 9 heteroatoms. The smallest absolute Gasteiger partial charge is 0.410 e. The molecule has 1 saturated heterocycles. The molecule has 0 aliphatic carbocycles. The quantitative estimate of drug-likeness (QED) is 0.322. The van der Waals surface area contributed by atoms with Gasteiger partial charge >= 0.3 is 6.09 Å².